The van der Waals surface area contributed by atoms with E-state index in [-0.39, 0.29) is 5.38 Å². The molecule has 0 amide bonds. The zero-order chi connectivity index (χ0) is 12.3. The van der Waals surface area contributed by atoms with Crippen LogP contribution >= 0.6 is 11.6 Å². The van der Waals surface area contributed by atoms with E-state index >= 15 is 0 Å². The van der Waals surface area contributed by atoms with Crippen molar-refractivity contribution in [3.8, 4) is 0 Å². The van der Waals surface area contributed by atoms with Crippen molar-refractivity contribution < 1.29 is 4.74 Å². The molecule has 2 aromatic heterocycles. The second-order valence-corrected chi connectivity index (χ2v) is 4.27. The van der Waals surface area contributed by atoms with Gasteiger partial charge in [-0.2, -0.15) is 0 Å². The molecule has 2 aromatic rings. The standard InChI is InChI=1S/C10H14ClN5O/c1-7-14-15-10-9(12-3-4-16(7)10)13-5-8(11)6-17-2/h3-4,8H,5-6H2,1-2H3,(H,12,13). The number of aromatic nitrogens is 4. The van der Waals surface area contributed by atoms with Gasteiger partial charge in [0.15, 0.2) is 5.82 Å². The minimum Gasteiger partial charge on any atom is -0.383 e. The quantitative estimate of drug-likeness (QED) is 0.811. The number of nitrogens with one attached hydrogen (secondary N) is 1. The Kier molecular flexibility index (Phi) is 3.75. The van der Waals surface area contributed by atoms with Gasteiger partial charge in [0.05, 0.1) is 12.0 Å². The highest BCUT2D eigenvalue weighted by Gasteiger charge is 2.09. The van der Waals surface area contributed by atoms with Crippen LogP contribution in [0, 0.1) is 6.92 Å². The maximum absolute atomic E-state index is 6.03. The molecule has 0 spiro atoms. The van der Waals surface area contributed by atoms with Gasteiger partial charge in [-0.1, -0.05) is 0 Å². The van der Waals surface area contributed by atoms with Crippen LogP contribution in [-0.4, -0.2) is 45.2 Å². The molecular weight excluding hydrogens is 242 g/mol. The fourth-order valence-corrected chi connectivity index (χ4v) is 1.72. The lowest BCUT2D eigenvalue weighted by molar-refractivity contribution is 0.200. The number of alkyl halides is 1. The van der Waals surface area contributed by atoms with E-state index in [1.807, 2.05) is 17.5 Å². The third-order valence-corrected chi connectivity index (χ3v) is 2.62. The summed E-state index contributed by atoms with van der Waals surface area (Å²) in [5.41, 5.74) is 0.700. The molecular formula is C10H14ClN5O. The highest BCUT2D eigenvalue weighted by Crippen LogP contribution is 2.12. The summed E-state index contributed by atoms with van der Waals surface area (Å²) < 4.78 is 6.83. The van der Waals surface area contributed by atoms with Crippen LogP contribution in [0.4, 0.5) is 5.82 Å². The summed E-state index contributed by atoms with van der Waals surface area (Å²) in [5.74, 6) is 1.50. The predicted octanol–water partition coefficient (Wildman–Crippen LogP) is 1.10. The average molecular weight is 256 g/mol. The first kappa shape index (κ1) is 12.1. The number of aryl methyl sites for hydroxylation is 1. The molecule has 2 rings (SSSR count). The summed E-state index contributed by atoms with van der Waals surface area (Å²) in [5, 5.41) is 11.1. The Morgan fingerprint density at radius 1 is 1.53 bits per heavy atom. The van der Waals surface area contributed by atoms with Gasteiger partial charge in [-0.05, 0) is 6.92 Å². The molecule has 0 bridgehead atoms. The third-order valence-electron chi connectivity index (χ3n) is 2.34. The molecule has 92 valence electrons. The van der Waals surface area contributed by atoms with Crippen molar-refractivity contribution in [2.75, 3.05) is 25.6 Å². The minimum atomic E-state index is -0.105. The maximum Gasteiger partial charge on any atom is 0.203 e. The second kappa shape index (κ2) is 5.29. The molecule has 0 aliphatic rings. The largest absolute Gasteiger partial charge is 0.383 e. The Morgan fingerprint density at radius 2 is 2.35 bits per heavy atom. The number of halogens is 1. The van der Waals surface area contributed by atoms with Gasteiger partial charge in [-0.3, -0.25) is 4.40 Å². The van der Waals surface area contributed by atoms with E-state index in [0.29, 0.717) is 24.6 Å². The molecule has 0 aliphatic carbocycles. The number of anilines is 1. The number of rotatable bonds is 5. The van der Waals surface area contributed by atoms with Crippen molar-refractivity contribution in [3.63, 3.8) is 0 Å². The summed E-state index contributed by atoms with van der Waals surface area (Å²) in [6.07, 6.45) is 3.52. The molecule has 17 heavy (non-hydrogen) atoms. The van der Waals surface area contributed by atoms with E-state index < -0.39 is 0 Å². The molecule has 0 aromatic carbocycles. The van der Waals surface area contributed by atoms with Gasteiger partial charge < -0.3 is 10.1 Å². The summed E-state index contributed by atoms with van der Waals surface area (Å²) in [7, 11) is 1.62. The molecule has 0 fully saturated rings. The highest BCUT2D eigenvalue weighted by molar-refractivity contribution is 6.21. The van der Waals surface area contributed by atoms with E-state index in [4.69, 9.17) is 16.3 Å². The molecule has 1 unspecified atom stereocenters. The Balaban J connectivity index is 2.13. The average Bonchev–Trinajstić information content (AvgIpc) is 2.70. The van der Waals surface area contributed by atoms with Crippen LogP contribution in [0.25, 0.3) is 5.65 Å². The van der Waals surface area contributed by atoms with E-state index in [1.165, 1.54) is 0 Å². The summed E-state index contributed by atoms with van der Waals surface area (Å²) in [6.45, 7) is 2.94. The van der Waals surface area contributed by atoms with Crippen LogP contribution in [0.15, 0.2) is 12.4 Å². The first-order valence-electron chi connectivity index (χ1n) is 5.25. The second-order valence-electron chi connectivity index (χ2n) is 3.65. The number of hydrogen-bond acceptors (Lipinski definition) is 5. The zero-order valence-electron chi connectivity index (χ0n) is 9.72. The van der Waals surface area contributed by atoms with Gasteiger partial charge in [0, 0.05) is 26.0 Å². The SMILES string of the molecule is COCC(Cl)CNc1nccn2c(C)nnc12. The Bertz CT molecular complexity index is 500. The van der Waals surface area contributed by atoms with Crippen molar-refractivity contribution in [1.29, 1.82) is 0 Å². The highest BCUT2D eigenvalue weighted by atomic mass is 35.5. The van der Waals surface area contributed by atoms with Crippen molar-refractivity contribution in [1.82, 2.24) is 19.6 Å². The number of fused-ring (bicyclic) bond motifs is 1. The fourth-order valence-electron chi connectivity index (χ4n) is 1.51. The van der Waals surface area contributed by atoms with Crippen LogP contribution in [0.3, 0.4) is 0 Å². The molecule has 2 heterocycles. The van der Waals surface area contributed by atoms with Gasteiger partial charge in [0.1, 0.15) is 5.82 Å². The molecule has 1 atom stereocenters. The summed E-state index contributed by atoms with van der Waals surface area (Å²) >= 11 is 6.03. The molecule has 7 heteroatoms. The number of hydrogen-bond donors (Lipinski definition) is 1. The molecule has 1 N–H and O–H groups in total. The Labute approximate surface area is 104 Å². The van der Waals surface area contributed by atoms with E-state index in [1.54, 1.807) is 13.3 Å². The fraction of sp³-hybridized carbons (Fsp3) is 0.500. The van der Waals surface area contributed by atoms with Crippen molar-refractivity contribution >= 4 is 23.1 Å². The van der Waals surface area contributed by atoms with Crippen LogP contribution in [0.5, 0.6) is 0 Å². The third kappa shape index (κ3) is 2.65. The molecule has 6 nitrogen and oxygen atoms in total. The number of ether oxygens (including phenoxy) is 1. The predicted molar refractivity (Wildman–Crippen MR) is 65.5 cm³/mol. The molecule has 0 aliphatic heterocycles. The van der Waals surface area contributed by atoms with Crippen LogP contribution in [0.1, 0.15) is 5.82 Å². The normalized spacial score (nSPS) is 12.9. The van der Waals surface area contributed by atoms with Crippen molar-refractivity contribution in [2.24, 2.45) is 0 Å². The lowest BCUT2D eigenvalue weighted by Gasteiger charge is -2.10. The van der Waals surface area contributed by atoms with Crippen LogP contribution in [0.2, 0.25) is 0 Å². The number of nitrogens with zero attached hydrogens (tertiary/aromatic N) is 4. The lowest BCUT2D eigenvalue weighted by Crippen LogP contribution is -2.19. The lowest BCUT2D eigenvalue weighted by atomic mass is 10.4. The van der Waals surface area contributed by atoms with E-state index in [2.05, 4.69) is 20.5 Å². The van der Waals surface area contributed by atoms with E-state index in [9.17, 15) is 0 Å². The molecule has 0 radical (unpaired) electrons. The van der Waals surface area contributed by atoms with Crippen LogP contribution in [-0.2, 0) is 4.74 Å². The zero-order valence-corrected chi connectivity index (χ0v) is 10.5. The smallest absolute Gasteiger partial charge is 0.203 e. The number of methoxy groups -OCH3 is 1. The van der Waals surface area contributed by atoms with Crippen molar-refractivity contribution in [2.45, 2.75) is 12.3 Å². The van der Waals surface area contributed by atoms with E-state index in [0.717, 1.165) is 5.82 Å². The Morgan fingerprint density at radius 3 is 3.12 bits per heavy atom. The first-order chi connectivity index (χ1) is 8.22. The Hall–Kier alpha value is -1.40. The molecule has 0 saturated heterocycles. The van der Waals surface area contributed by atoms with Gasteiger partial charge in [-0.15, -0.1) is 21.8 Å². The summed E-state index contributed by atoms with van der Waals surface area (Å²) in [6, 6.07) is 0. The first-order valence-corrected chi connectivity index (χ1v) is 5.69. The maximum atomic E-state index is 6.03. The van der Waals surface area contributed by atoms with Gasteiger partial charge in [-0.25, -0.2) is 4.98 Å². The summed E-state index contributed by atoms with van der Waals surface area (Å²) in [4.78, 5) is 4.22. The van der Waals surface area contributed by atoms with Gasteiger partial charge >= 0.3 is 0 Å². The minimum absolute atomic E-state index is 0.105. The van der Waals surface area contributed by atoms with Gasteiger partial charge in [0.25, 0.3) is 0 Å². The monoisotopic (exact) mass is 255 g/mol. The van der Waals surface area contributed by atoms with Gasteiger partial charge in [0.2, 0.25) is 5.65 Å². The topological polar surface area (TPSA) is 64.3 Å². The van der Waals surface area contributed by atoms with Crippen molar-refractivity contribution in [3.05, 3.63) is 18.2 Å². The molecule has 0 saturated carbocycles. The van der Waals surface area contributed by atoms with Crippen LogP contribution < -0.4 is 5.32 Å².